The molecule has 1 aliphatic heterocycles. The van der Waals surface area contributed by atoms with Crippen molar-refractivity contribution < 1.29 is 22.7 Å². The van der Waals surface area contributed by atoms with Crippen LogP contribution in [0, 0.1) is 5.92 Å². The highest BCUT2D eigenvalue weighted by atomic mass is 19.4. The summed E-state index contributed by atoms with van der Waals surface area (Å²) in [7, 11) is 1.41. The Labute approximate surface area is 146 Å². The molecule has 0 amide bonds. The van der Waals surface area contributed by atoms with Crippen LogP contribution in [0.5, 0.6) is 0 Å². The second-order valence-corrected chi connectivity index (χ2v) is 6.20. The number of hydrogen-bond acceptors (Lipinski definition) is 6. The maximum absolute atomic E-state index is 12.9. The molecule has 1 atom stereocenters. The molecule has 0 aromatic carbocycles. The minimum absolute atomic E-state index is 0.0127. The van der Waals surface area contributed by atoms with Crippen LogP contribution in [-0.4, -0.2) is 59.8 Å². The topological polar surface area (TPSA) is 110 Å². The van der Waals surface area contributed by atoms with Crippen LogP contribution < -0.4 is 17.0 Å². The van der Waals surface area contributed by atoms with Gasteiger partial charge in [0, 0.05) is 13.7 Å². The number of aromatic nitrogens is 2. The summed E-state index contributed by atoms with van der Waals surface area (Å²) in [5.41, 5.74) is 3.65. The number of alkyl halides is 3. The summed E-state index contributed by atoms with van der Waals surface area (Å²) >= 11 is 0. The van der Waals surface area contributed by atoms with Gasteiger partial charge in [-0.3, -0.25) is 24.0 Å². The van der Waals surface area contributed by atoms with Crippen molar-refractivity contribution in [1.82, 2.24) is 14.5 Å². The largest absolute Gasteiger partial charge is 0.393 e. The highest BCUT2D eigenvalue weighted by Gasteiger charge is 2.42. The van der Waals surface area contributed by atoms with Crippen molar-refractivity contribution in [3.8, 4) is 0 Å². The molecule has 0 bridgehead atoms. The molecule has 1 aromatic heterocycles. The number of rotatable bonds is 6. The second kappa shape index (κ2) is 8.04. The van der Waals surface area contributed by atoms with E-state index < -0.39 is 34.7 Å². The first-order valence-electron chi connectivity index (χ1n) is 8.09. The number of anilines is 1. The number of nitrogens with one attached hydrogen (secondary N) is 1. The van der Waals surface area contributed by atoms with E-state index in [9.17, 15) is 27.6 Å². The van der Waals surface area contributed by atoms with E-state index in [2.05, 4.69) is 0 Å². The normalized spacial score (nSPS) is 18.8. The summed E-state index contributed by atoms with van der Waals surface area (Å²) in [5.74, 6) is -2.54. The third kappa shape index (κ3) is 4.52. The number of Topliss-reactive ketones (excluding diaryl/α,β-unsaturated/α-hetero) is 1. The van der Waals surface area contributed by atoms with Crippen molar-refractivity contribution in [2.24, 2.45) is 5.92 Å². The number of likely N-dealkylation sites (tertiary alicyclic amines) is 1. The number of nitrogens with zero attached hydrogens (tertiary/aromatic N) is 2. The Hall–Kier alpha value is -2.14. The molecule has 1 saturated heterocycles. The van der Waals surface area contributed by atoms with Gasteiger partial charge in [-0.15, -0.1) is 0 Å². The number of hydrogen-bond donors (Lipinski definition) is 2. The number of piperidine rings is 1. The number of aromatic amines is 1. The fraction of sp³-hybridized carbons (Fsp3) is 0.667. The van der Waals surface area contributed by atoms with Crippen molar-refractivity contribution in [3.05, 3.63) is 26.4 Å². The summed E-state index contributed by atoms with van der Waals surface area (Å²) in [6.45, 7) is -0.209. The Bertz CT molecular complexity index is 772. The number of methoxy groups -OCH3 is 1. The van der Waals surface area contributed by atoms with E-state index in [0.29, 0.717) is 13.0 Å². The lowest BCUT2D eigenvalue weighted by atomic mass is 9.97. The van der Waals surface area contributed by atoms with E-state index in [4.69, 9.17) is 10.5 Å². The molecule has 2 heterocycles. The third-order valence-electron chi connectivity index (χ3n) is 4.37. The van der Waals surface area contributed by atoms with Crippen LogP contribution in [0.4, 0.5) is 19.0 Å². The van der Waals surface area contributed by atoms with Crippen molar-refractivity contribution in [2.75, 3.05) is 39.1 Å². The highest BCUT2D eigenvalue weighted by molar-refractivity contribution is 6.01. The molecular formula is C15H21F3N4O4. The predicted molar refractivity (Wildman–Crippen MR) is 87.2 cm³/mol. The van der Waals surface area contributed by atoms with Crippen molar-refractivity contribution in [3.63, 3.8) is 0 Å². The number of carbonyl (C=O) groups is 1. The average molecular weight is 378 g/mol. The minimum Gasteiger partial charge on any atom is -0.384 e. The van der Waals surface area contributed by atoms with Gasteiger partial charge < -0.3 is 10.5 Å². The lowest BCUT2D eigenvalue weighted by Gasteiger charge is -2.33. The van der Waals surface area contributed by atoms with Gasteiger partial charge in [-0.1, -0.05) is 0 Å². The lowest BCUT2D eigenvalue weighted by molar-refractivity contribution is -0.186. The van der Waals surface area contributed by atoms with Gasteiger partial charge in [0.15, 0.2) is 5.78 Å². The Balaban J connectivity index is 2.22. The van der Waals surface area contributed by atoms with Gasteiger partial charge in [0.2, 0.25) is 0 Å². The predicted octanol–water partition coefficient (Wildman–Crippen LogP) is 0.222. The number of ether oxygens (including phenoxy) is 1. The number of nitrogen functional groups attached to an aromatic ring is 1. The van der Waals surface area contributed by atoms with Crippen LogP contribution in [0.25, 0.3) is 0 Å². The van der Waals surface area contributed by atoms with Crippen LogP contribution in [0.1, 0.15) is 23.2 Å². The van der Waals surface area contributed by atoms with E-state index in [1.807, 2.05) is 4.98 Å². The summed E-state index contributed by atoms with van der Waals surface area (Å²) in [5, 5.41) is 0. The number of nitrogens with two attached hydrogens (primary N) is 1. The summed E-state index contributed by atoms with van der Waals surface area (Å²) in [6, 6.07) is 0. The Kier molecular flexibility index (Phi) is 6.24. The van der Waals surface area contributed by atoms with E-state index >= 15 is 0 Å². The number of H-pyrrole nitrogens is 1. The Morgan fingerprint density at radius 1 is 1.38 bits per heavy atom. The maximum Gasteiger partial charge on any atom is 0.393 e. The van der Waals surface area contributed by atoms with Gasteiger partial charge >= 0.3 is 11.9 Å². The highest BCUT2D eigenvalue weighted by Crippen LogP contribution is 2.33. The third-order valence-corrected chi connectivity index (χ3v) is 4.37. The zero-order valence-electron chi connectivity index (χ0n) is 14.3. The molecule has 0 spiro atoms. The van der Waals surface area contributed by atoms with Gasteiger partial charge in [0.25, 0.3) is 5.56 Å². The fourth-order valence-corrected chi connectivity index (χ4v) is 3.01. The van der Waals surface area contributed by atoms with Gasteiger partial charge in [-0.25, -0.2) is 4.79 Å². The van der Waals surface area contributed by atoms with Crippen molar-refractivity contribution >= 4 is 11.6 Å². The molecule has 0 radical (unpaired) electrons. The molecule has 26 heavy (non-hydrogen) atoms. The number of carbonyl (C=O) groups excluding carboxylic acids is 1. The first-order valence-corrected chi connectivity index (χ1v) is 8.09. The van der Waals surface area contributed by atoms with Crippen molar-refractivity contribution in [1.29, 1.82) is 0 Å². The summed E-state index contributed by atoms with van der Waals surface area (Å²) in [4.78, 5) is 39.6. The molecule has 146 valence electrons. The van der Waals surface area contributed by atoms with Crippen LogP contribution >= 0.6 is 0 Å². The van der Waals surface area contributed by atoms with Gasteiger partial charge in [-0.2, -0.15) is 13.2 Å². The van der Waals surface area contributed by atoms with Crippen LogP contribution in [0.2, 0.25) is 0 Å². The average Bonchev–Trinajstić information content (AvgIpc) is 2.53. The van der Waals surface area contributed by atoms with E-state index in [-0.39, 0.29) is 38.5 Å². The molecule has 1 aliphatic rings. The van der Waals surface area contributed by atoms with E-state index in [1.54, 1.807) is 0 Å². The SMILES string of the molecule is COCCn1c(N)c(C(=O)CN2CCC[C@H](C(F)(F)F)C2)c(=O)[nH]c1=O. The first-order chi connectivity index (χ1) is 12.1. The zero-order chi connectivity index (χ0) is 19.5. The summed E-state index contributed by atoms with van der Waals surface area (Å²) < 4.78 is 44.5. The summed E-state index contributed by atoms with van der Waals surface area (Å²) in [6.07, 6.45) is -4.01. The molecule has 2 rings (SSSR count). The first kappa shape index (κ1) is 20.2. The lowest BCUT2D eigenvalue weighted by Crippen LogP contribution is -2.45. The number of halogens is 3. The molecule has 0 saturated carbocycles. The van der Waals surface area contributed by atoms with E-state index in [1.165, 1.54) is 12.0 Å². The Morgan fingerprint density at radius 3 is 2.69 bits per heavy atom. The van der Waals surface area contributed by atoms with Crippen LogP contribution in [-0.2, 0) is 11.3 Å². The monoisotopic (exact) mass is 378 g/mol. The molecule has 1 fully saturated rings. The standard InChI is InChI=1S/C15H21F3N4O4/c1-26-6-5-22-12(19)11(13(24)20-14(22)25)10(23)8-21-4-2-3-9(7-21)15(16,17)18/h9H,2-8,19H2,1H3,(H,20,24,25)/t9-/m0/s1. The smallest absolute Gasteiger partial charge is 0.384 e. The quantitative estimate of drug-likeness (QED) is 0.686. The molecule has 11 heteroatoms. The van der Waals surface area contributed by atoms with Gasteiger partial charge in [0.05, 0.1) is 25.6 Å². The Morgan fingerprint density at radius 2 is 2.08 bits per heavy atom. The molecule has 1 aromatic rings. The van der Waals surface area contributed by atoms with Crippen LogP contribution in [0.15, 0.2) is 9.59 Å². The minimum atomic E-state index is -4.33. The molecule has 3 N–H and O–H groups in total. The fourth-order valence-electron chi connectivity index (χ4n) is 3.01. The van der Waals surface area contributed by atoms with Gasteiger partial charge in [-0.05, 0) is 19.4 Å². The molecule has 0 unspecified atom stereocenters. The number of ketones is 1. The molecule has 0 aliphatic carbocycles. The van der Waals surface area contributed by atoms with E-state index in [0.717, 1.165) is 4.57 Å². The zero-order valence-corrected chi connectivity index (χ0v) is 14.3. The molecule has 8 nitrogen and oxygen atoms in total. The van der Waals surface area contributed by atoms with Gasteiger partial charge in [0.1, 0.15) is 11.4 Å². The molecular weight excluding hydrogens is 357 g/mol. The van der Waals surface area contributed by atoms with Crippen molar-refractivity contribution in [2.45, 2.75) is 25.6 Å². The maximum atomic E-state index is 12.9. The second-order valence-electron chi connectivity index (χ2n) is 6.20. The van der Waals surface area contributed by atoms with Crippen LogP contribution in [0.3, 0.4) is 0 Å².